The Labute approximate surface area is 170 Å². The highest BCUT2D eigenvalue weighted by atomic mass is 35.5. The second-order valence-corrected chi connectivity index (χ2v) is 7.56. The van der Waals surface area contributed by atoms with Crippen molar-refractivity contribution in [3.8, 4) is 22.5 Å². The molecule has 0 radical (unpaired) electrons. The molecule has 0 fully saturated rings. The number of amides is 1. The number of hydrogen-bond acceptors (Lipinski definition) is 2. The van der Waals surface area contributed by atoms with Gasteiger partial charge in [0.1, 0.15) is 6.54 Å². The Morgan fingerprint density at radius 3 is 2.39 bits per heavy atom. The van der Waals surface area contributed by atoms with Crippen LogP contribution in [-0.2, 0) is 11.3 Å². The van der Waals surface area contributed by atoms with E-state index in [9.17, 15) is 4.79 Å². The number of rotatable bonds is 4. The standard InChI is InChI=1S/C21H17ClN4OS/c22-16-7-3-1-6-14(16)17-9-10-18(26(17)11-20(27)25-21(23)24)15-12-28-19-8-4-2-5-13(15)19/h1-10,12H,11H2,(H4,23,24,25,27). The zero-order valence-corrected chi connectivity index (χ0v) is 16.4. The first kappa shape index (κ1) is 18.3. The number of nitrogens with zero attached hydrogens (tertiary/aromatic N) is 2. The second kappa shape index (κ2) is 7.50. The average molecular weight is 409 g/mol. The summed E-state index contributed by atoms with van der Waals surface area (Å²) in [6.07, 6.45) is 0. The van der Waals surface area contributed by atoms with E-state index in [0.29, 0.717) is 5.02 Å². The van der Waals surface area contributed by atoms with Gasteiger partial charge in [-0.05, 0) is 24.3 Å². The number of aromatic nitrogens is 1. The molecule has 4 N–H and O–H groups in total. The lowest BCUT2D eigenvalue weighted by Crippen LogP contribution is -2.25. The summed E-state index contributed by atoms with van der Waals surface area (Å²) in [6, 6.07) is 19.7. The van der Waals surface area contributed by atoms with Crippen LogP contribution in [0.1, 0.15) is 0 Å². The van der Waals surface area contributed by atoms with Crippen molar-refractivity contribution >= 4 is 44.9 Å². The average Bonchev–Trinajstić information content (AvgIpc) is 3.25. The van der Waals surface area contributed by atoms with Gasteiger partial charge in [-0.2, -0.15) is 4.99 Å². The lowest BCUT2D eigenvalue weighted by Gasteiger charge is -2.13. The maximum Gasteiger partial charge on any atom is 0.268 e. The SMILES string of the molecule is NC(N)=NC(=O)Cn1c(-c2ccccc2Cl)ccc1-c1csc2ccccc12. The second-order valence-electron chi connectivity index (χ2n) is 6.25. The van der Waals surface area contributed by atoms with Gasteiger partial charge < -0.3 is 16.0 Å². The van der Waals surface area contributed by atoms with Crippen molar-refractivity contribution in [3.63, 3.8) is 0 Å². The fraction of sp³-hybridized carbons (Fsp3) is 0.0476. The van der Waals surface area contributed by atoms with E-state index < -0.39 is 5.91 Å². The highest BCUT2D eigenvalue weighted by Gasteiger charge is 2.18. The highest BCUT2D eigenvalue weighted by Crippen LogP contribution is 2.38. The lowest BCUT2D eigenvalue weighted by molar-refractivity contribution is -0.118. The van der Waals surface area contributed by atoms with E-state index in [4.69, 9.17) is 23.1 Å². The van der Waals surface area contributed by atoms with Crippen molar-refractivity contribution < 1.29 is 4.79 Å². The van der Waals surface area contributed by atoms with Crippen molar-refractivity contribution in [2.24, 2.45) is 16.5 Å². The molecule has 1 amide bonds. The zero-order valence-electron chi connectivity index (χ0n) is 14.8. The Hall–Kier alpha value is -3.09. The smallest absolute Gasteiger partial charge is 0.268 e. The minimum absolute atomic E-state index is 0.00492. The summed E-state index contributed by atoms with van der Waals surface area (Å²) in [6.45, 7) is 0.00492. The molecule has 4 rings (SSSR count). The molecule has 2 aromatic carbocycles. The van der Waals surface area contributed by atoms with E-state index in [2.05, 4.69) is 22.5 Å². The van der Waals surface area contributed by atoms with E-state index in [0.717, 1.165) is 27.9 Å². The molecule has 0 spiro atoms. The summed E-state index contributed by atoms with van der Waals surface area (Å²) in [7, 11) is 0. The van der Waals surface area contributed by atoms with Gasteiger partial charge in [0.15, 0.2) is 5.96 Å². The molecule has 5 nitrogen and oxygen atoms in total. The van der Waals surface area contributed by atoms with Crippen LogP contribution in [0.2, 0.25) is 5.02 Å². The molecule has 0 atom stereocenters. The van der Waals surface area contributed by atoms with Crippen LogP contribution in [0.3, 0.4) is 0 Å². The molecule has 2 heterocycles. The van der Waals surface area contributed by atoms with Gasteiger partial charge in [0.25, 0.3) is 5.91 Å². The fourth-order valence-corrected chi connectivity index (χ4v) is 4.46. The van der Waals surface area contributed by atoms with Gasteiger partial charge >= 0.3 is 0 Å². The number of aliphatic imine (C=N–C) groups is 1. The maximum atomic E-state index is 12.4. The molecule has 0 aliphatic carbocycles. The van der Waals surface area contributed by atoms with Crippen molar-refractivity contribution in [2.45, 2.75) is 6.54 Å². The van der Waals surface area contributed by atoms with Gasteiger partial charge in [-0.15, -0.1) is 11.3 Å². The Morgan fingerprint density at radius 1 is 0.964 bits per heavy atom. The molecule has 0 saturated carbocycles. The quantitative estimate of drug-likeness (QED) is 0.385. The predicted molar refractivity (Wildman–Crippen MR) is 117 cm³/mol. The molecule has 4 aromatic rings. The number of guanidine groups is 1. The van der Waals surface area contributed by atoms with Crippen molar-refractivity contribution in [3.05, 3.63) is 71.1 Å². The Morgan fingerprint density at radius 2 is 1.64 bits per heavy atom. The van der Waals surface area contributed by atoms with Crippen molar-refractivity contribution in [2.75, 3.05) is 0 Å². The fourth-order valence-electron chi connectivity index (χ4n) is 3.27. The Kier molecular flexibility index (Phi) is 4.90. The molecule has 0 aliphatic rings. The first-order valence-electron chi connectivity index (χ1n) is 8.58. The first-order valence-corrected chi connectivity index (χ1v) is 9.84. The van der Waals surface area contributed by atoms with Gasteiger partial charge in [-0.3, -0.25) is 4.79 Å². The van der Waals surface area contributed by atoms with Crippen LogP contribution in [-0.4, -0.2) is 16.4 Å². The molecular formula is C21H17ClN4OS. The summed E-state index contributed by atoms with van der Waals surface area (Å²) in [5.74, 6) is -0.677. The minimum Gasteiger partial charge on any atom is -0.370 e. The molecule has 7 heteroatoms. The lowest BCUT2D eigenvalue weighted by atomic mass is 10.1. The number of thiophene rings is 1. The number of fused-ring (bicyclic) bond motifs is 1. The summed E-state index contributed by atoms with van der Waals surface area (Å²) < 4.78 is 3.09. The van der Waals surface area contributed by atoms with E-state index in [1.807, 2.05) is 53.1 Å². The predicted octanol–water partition coefficient (Wildman–Crippen LogP) is 4.49. The third-order valence-corrected chi connectivity index (χ3v) is 5.73. The molecular weight excluding hydrogens is 392 g/mol. The normalized spacial score (nSPS) is 10.9. The number of hydrogen-bond donors (Lipinski definition) is 2. The van der Waals surface area contributed by atoms with Crippen molar-refractivity contribution in [1.29, 1.82) is 0 Å². The van der Waals surface area contributed by atoms with Crippen LogP contribution >= 0.6 is 22.9 Å². The number of nitrogens with two attached hydrogens (primary N) is 2. The van der Waals surface area contributed by atoms with Gasteiger partial charge in [0.05, 0.1) is 11.4 Å². The molecule has 0 saturated heterocycles. The monoisotopic (exact) mass is 408 g/mol. The Balaban J connectivity index is 1.91. The first-order chi connectivity index (χ1) is 13.5. The molecule has 2 aromatic heterocycles. The molecule has 140 valence electrons. The van der Waals surface area contributed by atoms with Gasteiger partial charge in [-0.25, -0.2) is 0 Å². The summed E-state index contributed by atoms with van der Waals surface area (Å²) in [5.41, 5.74) is 14.4. The summed E-state index contributed by atoms with van der Waals surface area (Å²) in [4.78, 5) is 16.1. The maximum absolute atomic E-state index is 12.4. The summed E-state index contributed by atoms with van der Waals surface area (Å²) in [5, 5.41) is 3.84. The van der Waals surface area contributed by atoms with Crippen LogP contribution in [0, 0.1) is 0 Å². The van der Waals surface area contributed by atoms with Gasteiger partial charge in [0.2, 0.25) is 0 Å². The largest absolute Gasteiger partial charge is 0.370 e. The Bertz CT molecular complexity index is 1200. The van der Waals surface area contributed by atoms with Gasteiger partial charge in [-0.1, -0.05) is 48.0 Å². The topological polar surface area (TPSA) is 86.4 Å². The van der Waals surface area contributed by atoms with E-state index in [1.165, 1.54) is 4.70 Å². The molecule has 0 bridgehead atoms. The molecule has 0 aliphatic heterocycles. The van der Waals surface area contributed by atoms with Gasteiger partial charge in [0, 0.05) is 31.6 Å². The van der Waals surface area contributed by atoms with Crippen molar-refractivity contribution in [1.82, 2.24) is 4.57 Å². The number of carbonyl (C=O) groups excluding carboxylic acids is 1. The van der Waals surface area contributed by atoms with E-state index >= 15 is 0 Å². The number of halogens is 1. The zero-order chi connectivity index (χ0) is 19.7. The highest BCUT2D eigenvalue weighted by molar-refractivity contribution is 7.17. The molecule has 28 heavy (non-hydrogen) atoms. The minimum atomic E-state index is -0.426. The van der Waals surface area contributed by atoms with E-state index in [1.54, 1.807) is 11.3 Å². The van der Waals surface area contributed by atoms with Crippen LogP contribution < -0.4 is 11.5 Å². The van der Waals surface area contributed by atoms with Crippen LogP contribution in [0.25, 0.3) is 32.6 Å². The molecule has 0 unspecified atom stereocenters. The number of benzene rings is 2. The van der Waals surface area contributed by atoms with Crippen LogP contribution in [0.4, 0.5) is 0 Å². The van der Waals surface area contributed by atoms with Crippen LogP contribution in [0.15, 0.2) is 71.0 Å². The third-order valence-electron chi connectivity index (χ3n) is 4.43. The number of carbonyl (C=O) groups is 1. The third kappa shape index (κ3) is 3.40. The summed E-state index contributed by atoms with van der Waals surface area (Å²) >= 11 is 8.08. The van der Waals surface area contributed by atoms with E-state index in [-0.39, 0.29) is 12.5 Å². The van der Waals surface area contributed by atoms with Crippen LogP contribution in [0.5, 0.6) is 0 Å².